The fourth-order valence-electron chi connectivity index (χ4n) is 2.93. The first-order chi connectivity index (χ1) is 9.24. The Morgan fingerprint density at radius 2 is 2.26 bits per heavy atom. The maximum absolute atomic E-state index is 4.32. The molecule has 0 aromatic carbocycles. The topological polar surface area (TPSA) is 46.0 Å². The van der Waals surface area contributed by atoms with Crippen molar-refractivity contribution in [3.8, 4) is 0 Å². The van der Waals surface area contributed by atoms with Crippen LogP contribution in [0.3, 0.4) is 0 Å². The van der Waals surface area contributed by atoms with Crippen molar-refractivity contribution in [1.82, 2.24) is 25.0 Å². The smallest absolute Gasteiger partial charge is 0.140 e. The summed E-state index contributed by atoms with van der Waals surface area (Å²) in [6.07, 6.45) is 5.35. The molecule has 0 saturated carbocycles. The summed E-state index contributed by atoms with van der Waals surface area (Å²) in [5.74, 6) is 1.82. The number of aryl methyl sites for hydroxylation is 1. The van der Waals surface area contributed by atoms with E-state index in [-0.39, 0.29) is 0 Å². The highest BCUT2D eigenvalue weighted by molar-refractivity contribution is 4.89. The van der Waals surface area contributed by atoms with Crippen LogP contribution in [0.4, 0.5) is 0 Å². The second kappa shape index (κ2) is 7.01. The van der Waals surface area contributed by atoms with Gasteiger partial charge in [-0.3, -0.25) is 9.58 Å². The molecule has 2 rings (SSSR count). The number of hydrogen-bond acceptors (Lipinski definition) is 4. The van der Waals surface area contributed by atoms with Gasteiger partial charge in [0.05, 0.1) is 6.54 Å². The van der Waals surface area contributed by atoms with E-state index < -0.39 is 0 Å². The van der Waals surface area contributed by atoms with Gasteiger partial charge in [0.1, 0.15) is 12.2 Å². The van der Waals surface area contributed by atoms with Gasteiger partial charge >= 0.3 is 0 Å². The number of nitrogens with one attached hydrogen (secondary N) is 1. The molecule has 1 aliphatic heterocycles. The molecule has 1 N–H and O–H groups in total. The van der Waals surface area contributed by atoms with Crippen molar-refractivity contribution in [2.45, 2.75) is 45.7 Å². The van der Waals surface area contributed by atoms with E-state index in [2.05, 4.69) is 34.1 Å². The van der Waals surface area contributed by atoms with Crippen LogP contribution < -0.4 is 5.32 Å². The normalized spacial score (nSPS) is 24.8. The molecule has 5 heteroatoms. The van der Waals surface area contributed by atoms with Crippen LogP contribution in [-0.2, 0) is 13.6 Å². The Bertz CT molecular complexity index is 376. The summed E-state index contributed by atoms with van der Waals surface area (Å²) in [6.45, 7) is 8.93. The molecule has 2 unspecified atom stereocenters. The zero-order valence-corrected chi connectivity index (χ0v) is 12.5. The summed E-state index contributed by atoms with van der Waals surface area (Å²) in [5.41, 5.74) is 0. The van der Waals surface area contributed by atoms with Crippen LogP contribution in [-0.4, -0.2) is 45.3 Å². The first-order valence-corrected chi connectivity index (χ1v) is 7.53. The molecule has 0 bridgehead atoms. The van der Waals surface area contributed by atoms with Gasteiger partial charge in [-0.05, 0) is 25.3 Å². The van der Waals surface area contributed by atoms with E-state index in [4.69, 9.17) is 0 Å². The number of piperidine rings is 1. The van der Waals surface area contributed by atoms with Gasteiger partial charge in [0.15, 0.2) is 0 Å². The fourth-order valence-corrected chi connectivity index (χ4v) is 2.93. The third-order valence-electron chi connectivity index (χ3n) is 4.17. The Labute approximate surface area is 116 Å². The largest absolute Gasteiger partial charge is 0.314 e. The third kappa shape index (κ3) is 3.76. The molecular weight excluding hydrogens is 238 g/mol. The lowest BCUT2D eigenvalue weighted by atomic mass is 9.90. The van der Waals surface area contributed by atoms with Gasteiger partial charge in [-0.25, -0.2) is 4.98 Å². The molecule has 108 valence electrons. The molecule has 2 atom stereocenters. The highest BCUT2D eigenvalue weighted by atomic mass is 15.3. The van der Waals surface area contributed by atoms with Gasteiger partial charge in [0, 0.05) is 26.2 Å². The molecule has 0 aliphatic carbocycles. The van der Waals surface area contributed by atoms with Crippen LogP contribution >= 0.6 is 0 Å². The highest BCUT2D eigenvalue weighted by Crippen LogP contribution is 2.21. The summed E-state index contributed by atoms with van der Waals surface area (Å²) in [5, 5.41) is 7.85. The zero-order valence-electron chi connectivity index (χ0n) is 12.5. The Morgan fingerprint density at radius 1 is 1.42 bits per heavy atom. The summed E-state index contributed by atoms with van der Waals surface area (Å²) >= 11 is 0. The molecule has 5 nitrogen and oxygen atoms in total. The van der Waals surface area contributed by atoms with Gasteiger partial charge in [0.25, 0.3) is 0 Å². The molecule has 1 fully saturated rings. The van der Waals surface area contributed by atoms with Gasteiger partial charge < -0.3 is 5.32 Å². The van der Waals surface area contributed by atoms with Crippen molar-refractivity contribution in [1.29, 1.82) is 0 Å². The quantitative estimate of drug-likeness (QED) is 0.845. The second-order valence-electron chi connectivity index (χ2n) is 5.55. The van der Waals surface area contributed by atoms with Gasteiger partial charge in [-0.1, -0.05) is 20.3 Å². The van der Waals surface area contributed by atoms with Crippen LogP contribution in [0, 0.1) is 5.92 Å². The lowest BCUT2D eigenvalue weighted by Gasteiger charge is -2.38. The molecule has 0 radical (unpaired) electrons. The minimum atomic E-state index is 0.695. The monoisotopic (exact) mass is 265 g/mol. The van der Waals surface area contributed by atoms with Gasteiger partial charge in [-0.15, -0.1) is 0 Å². The molecular formula is C14H27N5. The molecule has 0 amide bonds. The predicted molar refractivity (Wildman–Crippen MR) is 76.8 cm³/mol. The van der Waals surface area contributed by atoms with Crippen molar-refractivity contribution < 1.29 is 0 Å². The lowest BCUT2D eigenvalue weighted by Crippen LogP contribution is -2.49. The van der Waals surface area contributed by atoms with Crippen molar-refractivity contribution >= 4 is 0 Å². The third-order valence-corrected chi connectivity index (χ3v) is 4.17. The number of aromatic nitrogens is 3. The van der Waals surface area contributed by atoms with E-state index in [9.17, 15) is 0 Å². The van der Waals surface area contributed by atoms with Crippen molar-refractivity contribution in [3.63, 3.8) is 0 Å². The Kier molecular flexibility index (Phi) is 5.34. The number of rotatable bonds is 6. The minimum absolute atomic E-state index is 0.695. The summed E-state index contributed by atoms with van der Waals surface area (Å²) in [6, 6.07) is 0.695. The Balaban J connectivity index is 1.88. The zero-order chi connectivity index (χ0) is 13.7. The molecule has 19 heavy (non-hydrogen) atoms. The van der Waals surface area contributed by atoms with Crippen LogP contribution in [0.2, 0.25) is 0 Å². The summed E-state index contributed by atoms with van der Waals surface area (Å²) in [7, 11) is 1.97. The SMILES string of the molecule is CCCNC1CCN(Cc2ncnn2C)CC1CC. The number of hydrogen-bond donors (Lipinski definition) is 1. The Hall–Kier alpha value is -0.940. The summed E-state index contributed by atoms with van der Waals surface area (Å²) in [4.78, 5) is 6.84. The first-order valence-electron chi connectivity index (χ1n) is 7.53. The molecule has 1 aromatic heterocycles. The lowest BCUT2D eigenvalue weighted by molar-refractivity contribution is 0.125. The molecule has 1 aromatic rings. The molecule has 1 saturated heterocycles. The molecule has 0 spiro atoms. The average Bonchev–Trinajstić information content (AvgIpc) is 2.82. The van der Waals surface area contributed by atoms with Crippen LogP contribution in [0.5, 0.6) is 0 Å². The highest BCUT2D eigenvalue weighted by Gasteiger charge is 2.27. The maximum atomic E-state index is 4.32. The number of likely N-dealkylation sites (tertiary alicyclic amines) is 1. The van der Waals surface area contributed by atoms with Crippen LogP contribution in [0.15, 0.2) is 6.33 Å². The Morgan fingerprint density at radius 3 is 2.89 bits per heavy atom. The van der Waals surface area contributed by atoms with Crippen LogP contribution in [0.1, 0.15) is 38.9 Å². The maximum Gasteiger partial charge on any atom is 0.140 e. The van der Waals surface area contributed by atoms with Gasteiger partial charge in [0.2, 0.25) is 0 Å². The van der Waals surface area contributed by atoms with Crippen molar-refractivity contribution in [2.24, 2.45) is 13.0 Å². The molecule has 1 aliphatic rings. The fraction of sp³-hybridized carbons (Fsp3) is 0.857. The standard InChI is InChI=1S/C14H27N5/c1-4-7-15-13-6-8-19(9-12(13)5-2)10-14-16-11-17-18(14)3/h11-13,15H,4-10H2,1-3H3. The minimum Gasteiger partial charge on any atom is -0.314 e. The van der Waals surface area contributed by atoms with Crippen molar-refractivity contribution in [2.75, 3.05) is 19.6 Å². The predicted octanol–water partition coefficient (Wildman–Crippen LogP) is 1.42. The molecule has 2 heterocycles. The van der Waals surface area contributed by atoms with E-state index >= 15 is 0 Å². The number of nitrogens with zero attached hydrogens (tertiary/aromatic N) is 4. The summed E-state index contributed by atoms with van der Waals surface area (Å²) < 4.78 is 1.88. The van der Waals surface area contributed by atoms with Crippen molar-refractivity contribution in [3.05, 3.63) is 12.2 Å². The van der Waals surface area contributed by atoms with Crippen LogP contribution in [0.25, 0.3) is 0 Å². The second-order valence-corrected chi connectivity index (χ2v) is 5.55. The van der Waals surface area contributed by atoms with E-state index in [0.29, 0.717) is 6.04 Å². The first kappa shape index (κ1) is 14.5. The van der Waals surface area contributed by atoms with Gasteiger partial charge in [-0.2, -0.15) is 5.10 Å². The average molecular weight is 265 g/mol. The van der Waals surface area contributed by atoms with E-state index in [1.54, 1.807) is 6.33 Å². The van der Waals surface area contributed by atoms with E-state index in [1.165, 1.54) is 25.8 Å². The van der Waals surface area contributed by atoms with E-state index in [0.717, 1.165) is 31.4 Å². The van der Waals surface area contributed by atoms with E-state index in [1.807, 2.05) is 11.7 Å².